The van der Waals surface area contributed by atoms with Crippen LogP contribution in [0.15, 0.2) is 71.1 Å². The van der Waals surface area contributed by atoms with Crippen LogP contribution in [-0.2, 0) is 6.61 Å². The summed E-state index contributed by atoms with van der Waals surface area (Å²) in [5.41, 5.74) is 0.779. The summed E-state index contributed by atoms with van der Waals surface area (Å²) < 4.78 is 18.0. The molecule has 2 aromatic carbocycles. The first kappa shape index (κ1) is 20.6. The molecule has 0 saturated carbocycles. The van der Waals surface area contributed by atoms with Gasteiger partial charge in [0.15, 0.2) is 5.76 Å². The molecule has 1 spiro atoms. The SMILES string of the molecule is CN1CCC2(CC1)C[C@H](NC(=O)c1ccc(COc3ccccc3)o1)c1ccccc1O2. The van der Waals surface area contributed by atoms with Crippen molar-refractivity contribution >= 4 is 5.91 Å². The number of hydrogen-bond acceptors (Lipinski definition) is 5. The van der Waals surface area contributed by atoms with Gasteiger partial charge in [-0.25, -0.2) is 0 Å². The molecule has 0 aliphatic carbocycles. The lowest BCUT2D eigenvalue weighted by molar-refractivity contribution is -0.0196. The quantitative estimate of drug-likeness (QED) is 0.640. The molecule has 6 heteroatoms. The molecule has 3 heterocycles. The number of carbonyl (C=O) groups excluding carboxylic acids is 1. The van der Waals surface area contributed by atoms with Crippen LogP contribution in [0, 0.1) is 0 Å². The Morgan fingerprint density at radius 2 is 1.81 bits per heavy atom. The second-order valence-corrected chi connectivity index (χ2v) is 8.72. The summed E-state index contributed by atoms with van der Waals surface area (Å²) >= 11 is 0. The Hall–Kier alpha value is -3.25. The summed E-state index contributed by atoms with van der Waals surface area (Å²) in [6.07, 6.45) is 2.66. The van der Waals surface area contributed by atoms with Gasteiger partial charge in [0.05, 0.1) is 6.04 Å². The summed E-state index contributed by atoms with van der Waals surface area (Å²) in [6.45, 7) is 2.26. The number of nitrogens with one attached hydrogen (secondary N) is 1. The van der Waals surface area contributed by atoms with Gasteiger partial charge in [-0.1, -0.05) is 36.4 Å². The molecule has 32 heavy (non-hydrogen) atoms. The Labute approximate surface area is 188 Å². The summed E-state index contributed by atoms with van der Waals surface area (Å²) in [7, 11) is 2.14. The van der Waals surface area contributed by atoms with Crippen LogP contribution in [0.4, 0.5) is 0 Å². The molecule has 2 aliphatic heterocycles. The number of piperidine rings is 1. The van der Waals surface area contributed by atoms with Crippen LogP contribution in [-0.4, -0.2) is 36.5 Å². The van der Waals surface area contributed by atoms with Crippen molar-refractivity contribution in [3.8, 4) is 11.5 Å². The van der Waals surface area contributed by atoms with Gasteiger partial charge in [0.2, 0.25) is 0 Å². The molecule has 1 aromatic heterocycles. The first-order valence-electron chi connectivity index (χ1n) is 11.1. The molecule has 6 nitrogen and oxygen atoms in total. The zero-order valence-electron chi connectivity index (χ0n) is 18.3. The van der Waals surface area contributed by atoms with E-state index in [1.807, 2.05) is 54.6 Å². The smallest absolute Gasteiger partial charge is 0.287 e. The Bertz CT molecular complexity index is 1070. The van der Waals surface area contributed by atoms with Gasteiger partial charge in [-0.05, 0) is 50.2 Å². The van der Waals surface area contributed by atoms with E-state index in [1.165, 1.54) is 0 Å². The van der Waals surface area contributed by atoms with Crippen molar-refractivity contribution in [2.75, 3.05) is 20.1 Å². The molecule has 166 valence electrons. The van der Waals surface area contributed by atoms with Crippen LogP contribution in [0.1, 0.15) is 47.2 Å². The normalized spacial score (nSPS) is 19.7. The third-order valence-electron chi connectivity index (χ3n) is 6.41. The van der Waals surface area contributed by atoms with Crippen LogP contribution in [0.5, 0.6) is 11.5 Å². The van der Waals surface area contributed by atoms with Crippen molar-refractivity contribution < 1.29 is 18.7 Å². The van der Waals surface area contributed by atoms with Crippen LogP contribution < -0.4 is 14.8 Å². The van der Waals surface area contributed by atoms with Crippen molar-refractivity contribution in [3.05, 3.63) is 83.8 Å². The second kappa shape index (κ2) is 8.71. The highest BCUT2D eigenvalue weighted by atomic mass is 16.5. The van der Waals surface area contributed by atoms with Crippen molar-refractivity contribution in [1.29, 1.82) is 0 Å². The summed E-state index contributed by atoms with van der Waals surface area (Å²) in [5, 5.41) is 3.19. The fourth-order valence-electron chi connectivity index (χ4n) is 4.56. The number of para-hydroxylation sites is 2. The molecule has 0 radical (unpaired) electrons. The van der Waals surface area contributed by atoms with Crippen LogP contribution >= 0.6 is 0 Å². The molecule has 5 rings (SSSR count). The average Bonchev–Trinajstić information content (AvgIpc) is 3.30. The van der Waals surface area contributed by atoms with E-state index in [1.54, 1.807) is 12.1 Å². The van der Waals surface area contributed by atoms with Gasteiger partial charge in [0, 0.05) is 25.1 Å². The second-order valence-electron chi connectivity index (χ2n) is 8.72. The van der Waals surface area contributed by atoms with Crippen molar-refractivity contribution in [1.82, 2.24) is 10.2 Å². The number of nitrogens with zero attached hydrogens (tertiary/aromatic N) is 1. The first-order chi connectivity index (χ1) is 15.6. The largest absolute Gasteiger partial charge is 0.487 e. The fourth-order valence-corrected chi connectivity index (χ4v) is 4.56. The highest BCUT2D eigenvalue weighted by Crippen LogP contribution is 2.44. The standard InChI is InChI=1S/C26H28N2O4/c1-28-15-13-26(14-16-28)17-22(21-9-5-6-10-23(21)32-26)27-25(29)24-12-11-20(31-24)18-30-19-7-3-2-4-8-19/h2-12,22H,13-18H2,1H3,(H,27,29)/t22-/m0/s1. The maximum absolute atomic E-state index is 13.0. The third-order valence-corrected chi connectivity index (χ3v) is 6.41. The number of furan rings is 1. The van der Waals surface area contributed by atoms with E-state index >= 15 is 0 Å². The van der Waals surface area contributed by atoms with E-state index in [0.717, 1.165) is 49.4 Å². The number of fused-ring (bicyclic) bond motifs is 1. The predicted octanol–water partition coefficient (Wildman–Crippen LogP) is 4.58. The molecule has 1 fully saturated rings. The number of carbonyl (C=O) groups is 1. The molecule has 1 atom stereocenters. The lowest BCUT2D eigenvalue weighted by Crippen LogP contribution is -2.51. The number of ether oxygens (including phenoxy) is 2. The van der Waals surface area contributed by atoms with E-state index in [-0.39, 0.29) is 29.9 Å². The highest BCUT2D eigenvalue weighted by molar-refractivity contribution is 5.91. The predicted molar refractivity (Wildman–Crippen MR) is 121 cm³/mol. The Balaban J connectivity index is 1.28. The molecule has 2 aliphatic rings. The highest BCUT2D eigenvalue weighted by Gasteiger charge is 2.43. The third kappa shape index (κ3) is 4.36. The van der Waals surface area contributed by atoms with Crippen LogP contribution in [0.2, 0.25) is 0 Å². The molecule has 1 N–H and O–H groups in total. The zero-order chi connectivity index (χ0) is 22.0. The minimum Gasteiger partial charge on any atom is -0.487 e. The maximum atomic E-state index is 13.0. The van der Waals surface area contributed by atoms with Gasteiger partial charge < -0.3 is 24.1 Å². The van der Waals surface area contributed by atoms with Gasteiger partial charge in [0.25, 0.3) is 5.91 Å². The van der Waals surface area contributed by atoms with Gasteiger partial charge in [0.1, 0.15) is 29.5 Å². The van der Waals surface area contributed by atoms with Gasteiger partial charge in [-0.15, -0.1) is 0 Å². The fraction of sp³-hybridized carbons (Fsp3) is 0.346. The molecule has 0 bridgehead atoms. The topological polar surface area (TPSA) is 63.9 Å². The average molecular weight is 433 g/mol. The van der Waals surface area contributed by atoms with Crippen LogP contribution in [0.25, 0.3) is 0 Å². The lowest BCUT2D eigenvalue weighted by atomic mass is 9.80. The molecule has 0 unspecified atom stereocenters. The number of rotatable bonds is 5. The number of benzene rings is 2. The van der Waals surface area contributed by atoms with Gasteiger partial charge in [-0.3, -0.25) is 4.79 Å². The maximum Gasteiger partial charge on any atom is 0.287 e. The van der Waals surface area contributed by atoms with E-state index in [2.05, 4.69) is 17.3 Å². The van der Waals surface area contributed by atoms with Crippen molar-refractivity contribution in [2.24, 2.45) is 0 Å². The number of amides is 1. The monoisotopic (exact) mass is 432 g/mol. The molecular weight excluding hydrogens is 404 g/mol. The Morgan fingerprint density at radius 1 is 1.06 bits per heavy atom. The number of hydrogen-bond donors (Lipinski definition) is 1. The minimum atomic E-state index is -0.239. The molecule has 3 aromatic rings. The van der Waals surface area contributed by atoms with Crippen LogP contribution in [0.3, 0.4) is 0 Å². The van der Waals surface area contributed by atoms with E-state index in [9.17, 15) is 4.79 Å². The lowest BCUT2D eigenvalue weighted by Gasteiger charge is -2.46. The van der Waals surface area contributed by atoms with E-state index < -0.39 is 0 Å². The van der Waals surface area contributed by atoms with Crippen molar-refractivity contribution in [3.63, 3.8) is 0 Å². The van der Waals surface area contributed by atoms with Gasteiger partial charge >= 0.3 is 0 Å². The molecular formula is C26H28N2O4. The molecule has 1 amide bonds. The van der Waals surface area contributed by atoms with E-state index in [0.29, 0.717) is 5.76 Å². The summed E-state index contributed by atoms with van der Waals surface area (Å²) in [6, 6.07) is 20.9. The summed E-state index contributed by atoms with van der Waals surface area (Å²) in [4.78, 5) is 15.4. The minimum absolute atomic E-state index is 0.120. The zero-order valence-corrected chi connectivity index (χ0v) is 18.3. The number of likely N-dealkylation sites (tertiary alicyclic amines) is 1. The van der Waals surface area contributed by atoms with Crippen molar-refractivity contribution in [2.45, 2.75) is 37.5 Å². The first-order valence-corrected chi connectivity index (χ1v) is 11.1. The summed E-state index contributed by atoms with van der Waals surface area (Å²) in [5.74, 6) is 2.30. The Morgan fingerprint density at radius 3 is 2.62 bits per heavy atom. The van der Waals surface area contributed by atoms with E-state index in [4.69, 9.17) is 13.9 Å². The Kier molecular flexibility index (Phi) is 5.62. The molecule has 1 saturated heterocycles. The van der Waals surface area contributed by atoms with Gasteiger partial charge in [-0.2, -0.15) is 0 Å².